The number of nitrogens with zero attached hydrogens (tertiary/aromatic N) is 4. The number of benzene rings is 1. The second-order valence-corrected chi connectivity index (χ2v) is 8.73. The quantitative estimate of drug-likeness (QED) is 0.220. The third kappa shape index (κ3) is 3.38. The number of aliphatic hydroxyl groups is 1. The maximum absolute atomic E-state index is 13.0. The van der Waals surface area contributed by atoms with E-state index < -0.39 is 11.0 Å². The van der Waals surface area contributed by atoms with Crippen molar-refractivity contribution in [3.05, 3.63) is 74.2 Å². The van der Waals surface area contributed by atoms with Crippen molar-refractivity contribution in [1.82, 2.24) is 5.43 Å². The lowest BCUT2D eigenvalue weighted by molar-refractivity contribution is -0.137. The number of Topliss-reactive ketones (excluding diaryl/α,β-unsaturated/α-hetero) is 1. The summed E-state index contributed by atoms with van der Waals surface area (Å²) in [6, 6.07) is 6.24. The van der Waals surface area contributed by atoms with Crippen LogP contribution in [0.3, 0.4) is 0 Å². The molecule has 164 valence electrons. The van der Waals surface area contributed by atoms with Gasteiger partial charge in [-0.1, -0.05) is 22.8 Å². The SMILES string of the molecule is CC1=C(CC/C=N\NC(=O)c2ccc(N=[N+]=[N-])cc2)C2=C(C)C3(CC3)[C@@](C)(O)C(=O)C2=C1. The molecular weight excluding hydrogens is 406 g/mol. The number of ketones is 1. The molecule has 1 aromatic rings. The number of hydrogen-bond acceptors (Lipinski definition) is 5. The number of allylic oxidation sites excluding steroid dienone is 4. The van der Waals surface area contributed by atoms with Crippen LogP contribution in [0.5, 0.6) is 0 Å². The predicted molar refractivity (Wildman–Crippen MR) is 121 cm³/mol. The van der Waals surface area contributed by atoms with E-state index in [-0.39, 0.29) is 11.7 Å². The first-order valence-corrected chi connectivity index (χ1v) is 10.6. The minimum absolute atomic E-state index is 0.183. The number of nitrogens with one attached hydrogen (secondary N) is 1. The summed E-state index contributed by atoms with van der Waals surface area (Å²) in [4.78, 5) is 27.9. The fraction of sp³-hybridized carbons (Fsp3) is 0.375. The van der Waals surface area contributed by atoms with Gasteiger partial charge in [0.25, 0.3) is 5.91 Å². The first kappa shape index (κ1) is 21.7. The molecule has 3 aliphatic rings. The fourth-order valence-corrected chi connectivity index (χ4v) is 4.91. The molecule has 1 fully saturated rings. The van der Waals surface area contributed by atoms with E-state index in [1.165, 1.54) is 0 Å². The van der Waals surface area contributed by atoms with E-state index >= 15 is 0 Å². The third-order valence-corrected chi connectivity index (χ3v) is 6.94. The third-order valence-electron chi connectivity index (χ3n) is 6.94. The highest BCUT2D eigenvalue weighted by Crippen LogP contribution is 2.65. The molecule has 0 saturated heterocycles. The first-order chi connectivity index (χ1) is 15.2. The van der Waals surface area contributed by atoms with Crippen molar-refractivity contribution in [3.8, 4) is 0 Å². The van der Waals surface area contributed by atoms with Gasteiger partial charge in [0.15, 0.2) is 5.78 Å². The van der Waals surface area contributed by atoms with Gasteiger partial charge in [-0.15, -0.1) is 0 Å². The van der Waals surface area contributed by atoms with E-state index in [1.54, 1.807) is 37.4 Å². The Bertz CT molecular complexity index is 1170. The highest BCUT2D eigenvalue weighted by molar-refractivity contribution is 6.10. The Hall–Kier alpha value is -3.48. The molecule has 0 aliphatic heterocycles. The monoisotopic (exact) mass is 431 g/mol. The summed E-state index contributed by atoms with van der Waals surface area (Å²) in [5, 5.41) is 18.4. The highest BCUT2D eigenvalue weighted by Gasteiger charge is 2.64. The summed E-state index contributed by atoms with van der Waals surface area (Å²) >= 11 is 0. The van der Waals surface area contributed by atoms with Crippen LogP contribution in [0.25, 0.3) is 10.4 Å². The van der Waals surface area contributed by atoms with Crippen molar-refractivity contribution in [3.63, 3.8) is 0 Å². The summed E-state index contributed by atoms with van der Waals surface area (Å²) in [6.07, 6.45) is 6.48. The molecule has 2 N–H and O–H groups in total. The molecular formula is C24H25N5O3. The lowest BCUT2D eigenvalue weighted by Gasteiger charge is -2.39. The number of hydrazone groups is 1. The summed E-state index contributed by atoms with van der Waals surface area (Å²) in [5.41, 5.74) is 14.9. The topological polar surface area (TPSA) is 128 Å². The van der Waals surface area contributed by atoms with E-state index in [0.717, 1.165) is 35.1 Å². The maximum Gasteiger partial charge on any atom is 0.271 e. The van der Waals surface area contributed by atoms with Gasteiger partial charge in [0.1, 0.15) is 5.60 Å². The summed E-state index contributed by atoms with van der Waals surface area (Å²) < 4.78 is 0. The molecule has 0 radical (unpaired) electrons. The molecule has 1 aromatic carbocycles. The minimum atomic E-state index is -1.34. The Labute approximate surface area is 186 Å². The Balaban J connectivity index is 1.40. The molecule has 8 heteroatoms. The van der Waals surface area contributed by atoms with E-state index in [0.29, 0.717) is 29.7 Å². The van der Waals surface area contributed by atoms with E-state index in [2.05, 4.69) is 20.6 Å². The van der Waals surface area contributed by atoms with Crippen LogP contribution in [0.1, 0.15) is 56.8 Å². The van der Waals surface area contributed by atoms with Crippen LogP contribution < -0.4 is 5.43 Å². The van der Waals surface area contributed by atoms with Crippen LogP contribution in [0.2, 0.25) is 0 Å². The van der Waals surface area contributed by atoms with Gasteiger partial charge >= 0.3 is 0 Å². The van der Waals surface area contributed by atoms with E-state index in [4.69, 9.17) is 5.53 Å². The van der Waals surface area contributed by atoms with Crippen LogP contribution in [-0.2, 0) is 4.79 Å². The van der Waals surface area contributed by atoms with E-state index in [1.807, 2.05) is 19.9 Å². The van der Waals surface area contributed by atoms with Gasteiger partial charge in [-0.05, 0) is 86.9 Å². The van der Waals surface area contributed by atoms with Crippen LogP contribution >= 0.6 is 0 Å². The summed E-state index contributed by atoms with van der Waals surface area (Å²) in [5.74, 6) is -0.541. The zero-order valence-electron chi connectivity index (χ0n) is 18.3. The Morgan fingerprint density at radius 1 is 1.28 bits per heavy atom. The fourth-order valence-electron chi connectivity index (χ4n) is 4.91. The smallest absolute Gasteiger partial charge is 0.271 e. The van der Waals surface area contributed by atoms with Crippen molar-refractivity contribution in [2.24, 2.45) is 15.6 Å². The first-order valence-electron chi connectivity index (χ1n) is 10.6. The van der Waals surface area contributed by atoms with Crippen LogP contribution in [-0.4, -0.2) is 28.6 Å². The zero-order chi connectivity index (χ0) is 23.1. The standard InChI is InChI=1S/C24H25N5O3/c1-14-13-19-20(15(2)24(10-11-24)23(3,32)21(19)30)18(14)5-4-12-26-28-22(31)16-6-8-17(9-7-16)27-29-25/h6-9,12-13,32H,4-5,10-11H2,1-3H3,(H,28,31)/b26-12-/t23-/m0/s1. The zero-order valence-corrected chi connectivity index (χ0v) is 18.3. The van der Waals surface area contributed by atoms with Gasteiger partial charge in [-0.3, -0.25) is 9.59 Å². The van der Waals surface area contributed by atoms with Gasteiger partial charge in [0, 0.05) is 33.4 Å². The van der Waals surface area contributed by atoms with Gasteiger partial charge in [-0.2, -0.15) is 5.10 Å². The van der Waals surface area contributed by atoms with Crippen molar-refractivity contribution in [1.29, 1.82) is 0 Å². The molecule has 3 aliphatic carbocycles. The van der Waals surface area contributed by atoms with Crippen LogP contribution in [0.15, 0.2) is 68.4 Å². The summed E-state index contributed by atoms with van der Waals surface area (Å²) in [7, 11) is 0. The lowest BCUT2D eigenvalue weighted by Crippen LogP contribution is -2.49. The number of fused-ring (bicyclic) bond motifs is 1. The molecule has 1 atom stereocenters. The molecule has 1 spiro atoms. The number of amides is 1. The van der Waals surface area contributed by atoms with Gasteiger partial charge < -0.3 is 5.11 Å². The van der Waals surface area contributed by atoms with Crippen molar-refractivity contribution in [2.75, 3.05) is 0 Å². The molecule has 0 heterocycles. The summed E-state index contributed by atoms with van der Waals surface area (Å²) in [6.45, 7) is 5.68. The number of carbonyl (C=O) groups excluding carboxylic acids is 2. The largest absolute Gasteiger partial charge is 0.381 e. The Kier molecular flexibility index (Phi) is 5.36. The second-order valence-electron chi connectivity index (χ2n) is 8.73. The molecule has 32 heavy (non-hydrogen) atoms. The molecule has 8 nitrogen and oxygen atoms in total. The Morgan fingerprint density at radius 2 is 1.97 bits per heavy atom. The number of hydrogen-bond donors (Lipinski definition) is 2. The van der Waals surface area contributed by atoms with Crippen LogP contribution in [0.4, 0.5) is 5.69 Å². The molecule has 0 aromatic heterocycles. The molecule has 0 bridgehead atoms. The highest BCUT2D eigenvalue weighted by atomic mass is 16.3. The normalized spacial score (nSPS) is 23.4. The van der Waals surface area contributed by atoms with E-state index in [9.17, 15) is 14.7 Å². The van der Waals surface area contributed by atoms with Crippen molar-refractivity contribution < 1.29 is 14.7 Å². The average Bonchev–Trinajstić information content (AvgIpc) is 3.52. The maximum atomic E-state index is 13.0. The van der Waals surface area contributed by atoms with Crippen molar-refractivity contribution >= 4 is 23.6 Å². The minimum Gasteiger partial charge on any atom is -0.381 e. The second kappa shape index (κ2) is 7.89. The number of rotatable bonds is 6. The predicted octanol–water partition coefficient (Wildman–Crippen LogP) is 4.81. The molecule has 4 rings (SSSR count). The average molecular weight is 431 g/mol. The molecule has 0 unspecified atom stereocenters. The van der Waals surface area contributed by atoms with Crippen LogP contribution in [0, 0.1) is 5.41 Å². The van der Waals surface area contributed by atoms with Crippen molar-refractivity contribution in [2.45, 2.75) is 52.1 Å². The molecule has 1 amide bonds. The molecule has 1 saturated carbocycles. The lowest BCUT2D eigenvalue weighted by atomic mass is 9.67. The van der Waals surface area contributed by atoms with Gasteiger partial charge in [-0.25, -0.2) is 5.43 Å². The number of carbonyl (C=O) groups is 2. The number of azide groups is 1. The van der Waals surface area contributed by atoms with Gasteiger partial charge in [0.05, 0.1) is 0 Å². The Morgan fingerprint density at radius 3 is 2.59 bits per heavy atom. The van der Waals surface area contributed by atoms with Gasteiger partial charge in [0.2, 0.25) is 0 Å².